The quantitative estimate of drug-likeness (QED) is 0.315. The van der Waals surface area contributed by atoms with Crippen molar-refractivity contribution in [1.29, 1.82) is 0 Å². The summed E-state index contributed by atoms with van der Waals surface area (Å²) in [6.45, 7) is 4.99. The van der Waals surface area contributed by atoms with Gasteiger partial charge in [0.2, 0.25) is 0 Å². The first kappa shape index (κ1) is 25.3. The number of nitrogens with zero attached hydrogens (tertiary/aromatic N) is 2. The summed E-state index contributed by atoms with van der Waals surface area (Å²) >= 11 is 8.06. The van der Waals surface area contributed by atoms with Crippen molar-refractivity contribution in [3.63, 3.8) is 0 Å². The van der Waals surface area contributed by atoms with Crippen molar-refractivity contribution < 1.29 is 19.1 Å². The zero-order chi connectivity index (χ0) is 25.3. The van der Waals surface area contributed by atoms with E-state index in [1.165, 1.54) is 22.8 Å². The molecule has 1 aliphatic rings. The molecule has 0 aliphatic carbocycles. The highest BCUT2D eigenvalue weighted by molar-refractivity contribution is 9.11. The molecule has 0 radical (unpaired) electrons. The van der Waals surface area contributed by atoms with E-state index in [-0.39, 0.29) is 12.2 Å². The molecule has 4 rings (SSSR count). The molecule has 2 aromatic carbocycles. The fourth-order valence-corrected chi connectivity index (χ4v) is 6.20. The van der Waals surface area contributed by atoms with Crippen molar-refractivity contribution in [2.45, 2.75) is 26.8 Å². The smallest absolute Gasteiger partial charge is 0.338 e. The molecule has 3 aromatic rings. The monoisotopic (exact) mass is 618 g/mol. The summed E-state index contributed by atoms with van der Waals surface area (Å²) in [6.07, 6.45) is 1.66. The molecular weight excluding hydrogens is 600 g/mol. The van der Waals surface area contributed by atoms with Crippen molar-refractivity contribution in [3.05, 3.63) is 93.5 Å². The number of carbonyl (C=O) groups excluding carboxylic acids is 2. The number of hydrogen-bond acceptors (Lipinski definition) is 7. The lowest BCUT2D eigenvalue weighted by molar-refractivity contribution is -0.139. The van der Waals surface area contributed by atoms with Crippen LogP contribution in [0.15, 0.2) is 72.5 Å². The number of carbonyl (C=O) groups is 2. The number of ether oxygens (including phenoxy) is 2. The zero-order valence-corrected chi connectivity index (χ0v) is 23.0. The Labute approximate surface area is 221 Å². The van der Waals surface area contributed by atoms with Gasteiger partial charge < -0.3 is 9.47 Å². The van der Waals surface area contributed by atoms with Gasteiger partial charge in [-0.05, 0) is 53.5 Å². The first-order valence-corrected chi connectivity index (χ1v) is 13.0. The van der Waals surface area contributed by atoms with Gasteiger partial charge in [0.25, 0.3) is 5.56 Å². The number of halogens is 2. The van der Waals surface area contributed by atoms with E-state index >= 15 is 0 Å². The molecule has 35 heavy (non-hydrogen) atoms. The molecule has 0 unspecified atom stereocenters. The average Bonchev–Trinajstić information content (AvgIpc) is 3.10. The number of fused-ring (bicyclic) bond motifs is 1. The minimum Gasteiger partial charge on any atom is -0.463 e. The zero-order valence-electron chi connectivity index (χ0n) is 19.0. The summed E-state index contributed by atoms with van der Waals surface area (Å²) in [7, 11) is 0. The Kier molecular flexibility index (Phi) is 7.53. The standard InChI is InChI=1S/C25H20Br2N2O5S/c1-4-33-24(32)20-13(2)28-25-29(21(20)15-8-6-5-7-9-15)23(31)19(35-25)11-16-10-17(26)12-18(27)22(16)34-14(3)30/h5-12,21H,4H2,1-3H3/b19-11-/t21-/m0/s1. The number of allylic oxidation sites excluding steroid dienone is 1. The molecule has 0 spiro atoms. The van der Waals surface area contributed by atoms with Crippen molar-refractivity contribution in [2.24, 2.45) is 4.99 Å². The second-order valence-electron chi connectivity index (χ2n) is 7.61. The molecule has 1 aliphatic heterocycles. The van der Waals surface area contributed by atoms with E-state index in [1.54, 1.807) is 32.1 Å². The van der Waals surface area contributed by atoms with Crippen molar-refractivity contribution in [3.8, 4) is 5.75 Å². The van der Waals surface area contributed by atoms with Crippen molar-refractivity contribution >= 4 is 61.2 Å². The van der Waals surface area contributed by atoms with Crippen LogP contribution in [0.5, 0.6) is 5.75 Å². The lowest BCUT2D eigenvalue weighted by Crippen LogP contribution is -2.39. The Morgan fingerprint density at radius 1 is 1.20 bits per heavy atom. The van der Waals surface area contributed by atoms with E-state index in [2.05, 4.69) is 36.9 Å². The summed E-state index contributed by atoms with van der Waals surface area (Å²) in [5.41, 5.74) is 1.80. The molecule has 10 heteroatoms. The number of hydrogen-bond donors (Lipinski definition) is 0. The molecule has 0 bridgehead atoms. The number of aromatic nitrogens is 1. The Morgan fingerprint density at radius 2 is 1.91 bits per heavy atom. The summed E-state index contributed by atoms with van der Waals surface area (Å²) in [5, 5.41) is 0. The van der Waals surface area contributed by atoms with E-state index in [1.807, 2.05) is 30.3 Å². The van der Waals surface area contributed by atoms with Gasteiger partial charge in [0, 0.05) is 17.0 Å². The van der Waals surface area contributed by atoms with Crippen LogP contribution in [0.1, 0.15) is 37.9 Å². The first-order valence-electron chi connectivity index (χ1n) is 10.6. The van der Waals surface area contributed by atoms with Crippen molar-refractivity contribution in [2.75, 3.05) is 6.61 Å². The Bertz CT molecular complexity index is 1540. The van der Waals surface area contributed by atoms with Crippen LogP contribution in [0, 0.1) is 0 Å². The highest BCUT2D eigenvalue weighted by atomic mass is 79.9. The third kappa shape index (κ3) is 5.10. The number of benzene rings is 2. The van der Waals surface area contributed by atoms with E-state index in [4.69, 9.17) is 9.47 Å². The van der Waals surface area contributed by atoms with Gasteiger partial charge in [-0.1, -0.05) is 57.6 Å². The maximum atomic E-state index is 13.7. The minimum absolute atomic E-state index is 0.207. The van der Waals surface area contributed by atoms with Gasteiger partial charge in [-0.3, -0.25) is 14.2 Å². The highest BCUT2D eigenvalue weighted by Crippen LogP contribution is 2.34. The summed E-state index contributed by atoms with van der Waals surface area (Å²) in [6, 6.07) is 12.1. The molecule has 0 N–H and O–H groups in total. The molecule has 180 valence electrons. The van der Waals surface area contributed by atoms with Crippen LogP contribution in [0.2, 0.25) is 0 Å². The molecule has 0 amide bonds. The molecule has 2 heterocycles. The third-order valence-electron chi connectivity index (χ3n) is 5.20. The van der Waals surface area contributed by atoms with Gasteiger partial charge in [-0.15, -0.1) is 0 Å². The second-order valence-corrected chi connectivity index (χ2v) is 10.4. The second kappa shape index (κ2) is 10.4. The molecule has 0 saturated heterocycles. The fourth-order valence-electron chi connectivity index (χ4n) is 3.82. The fraction of sp³-hybridized carbons (Fsp3) is 0.200. The Morgan fingerprint density at radius 3 is 2.57 bits per heavy atom. The molecule has 7 nitrogen and oxygen atoms in total. The van der Waals surface area contributed by atoms with Crippen LogP contribution < -0.4 is 19.6 Å². The minimum atomic E-state index is -0.684. The van der Waals surface area contributed by atoms with Crippen molar-refractivity contribution in [1.82, 2.24) is 4.57 Å². The summed E-state index contributed by atoms with van der Waals surface area (Å²) in [4.78, 5) is 43.3. The van der Waals surface area contributed by atoms with Crippen LogP contribution in [0.3, 0.4) is 0 Å². The number of rotatable bonds is 5. The predicted molar refractivity (Wildman–Crippen MR) is 140 cm³/mol. The topological polar surface area (TPSA) is 87.0 Å². The SMILES string of the molecule is CCOC(=O)C1=C(C)N=c2s/c(=C\c3cc(Br)cc(Br)c3OC(C)=O)c(=O)n2[C@H]1c1ccccc1. The van der Waals surface area contributed by atoms with Gasteiger partial charge in [0.05, 0.1) is 32.9 Å². The number of thiazole rings is 1. The highest BCUT2D eigenvalue weighted by Gasteiger charge is 2.33. The van der Waals surface area contributed by atoms with Crippen LogP contribution in [-0.2, 0) is 14.3 Å². The summed E-state index contributed by atoms with van der Waals surface area (Å²) in [5.74, 6) is -0.692. The van der Waals surface area contributed by atoms with E-state index in [0.29, 0.717) is 36.4 Å². The van der Waals surface area contributed by atoms with Gasteiger partial charge in [-0.25, -0.2) is 9.79 Å². The first-order chi connectivity index (χ1) is 16.7. The van der Waals surface area contributed by atoms with E-state index < -0.39 is 18.0 Å². The van der Waals surface area contributed by atoms with Crippen LogP contribution >= 0.6 is 43.2 Å². The average molecular weight is 620 g/mol. The van der Waals surface area contributed by atoms with E-state index in [0.717, 1.165) is 10.0 Å². The van der Waals surface area contributed by atoms with E-state index in [9.17, 15) is 14.4 Å². The molecule has 1 atom stereocenters. The van der Waals surface area contributed by atoms with Crippen LogP contribution in [0.4, 0.5) is 0 Å². The van der Waals surface area contributed by atoms with Crippen LogP contribution in [0.25, 0.3) is 6.08 Å². The Balaban J connectivity index is 1.97. The predicted octanol–water partition coefficient (Wildman–Crippen LogP) is 4.25. The maximum absolute atomic E-state index is 13.7. The lowest BCUT2D eigenvalue weighted by atomic mass is 9.96. The Hall–Kier alpha value is -2.82. The lowest BCUT2D eigenvalue weighted by Gasteiger charge is -2.24. The third-order valence-corrected chi connectivity index (χ3v) is 7.23. The molecule has 1 aromatic heterocycles. The van der Waals surface area contributed by atoms with Gasteiger partial charge in [0.1, 0.15) is 0 Å². The van der Waals surface area contributed by atoms with Crippen LogP contribution in [-0.4, -0.2) is 23.1 Å². The maximum Gasteiger partial charge on any atom is 0.338 e. The van der Waals surface area contributed by atoms with Gasteiger partial charge in [-0.2, -0.15) is 0 Å². The normalized spacial score (nSPS) is 15.5. The number of esters is 2. The largest absolute Gasteiger partial charge is 0.463 e. The van der Waals surface area contributed by atoms with Gasteiger partial charge in [0.15, 0.2) is 10.6 Å². The summed E-state index contributed by atoms with van der Waals surface area (Å²) < 4.78 is 13.9. The van der Waals surface area contributed by atoms with Gasteiger partial charge >= 0.3 is 11.9 Å². The molecule has 0 saturated carbocycles. The molecular formula is C25H20Br2N2O5S. The molecule has 0 fully saturated rings.